The number of amides is 1. The first-order chi connectivity index (χ1) is 13.6. The number of aromatic nitrogens is 2. The predicted molar refractivity (Wildman–Crippen MR) is 103 cm³/mol. The van der Waals surface area contributed by atoms with Crippen molar-refractivity contribution in [2.75, 3.05) is 13.2 Å². The fourth-order valence-corrected chi connectivity index (χ4v) is 2.67. The Kier molecular flexibility index (Phi) is 6.35. The lowest BCUT2D eigenvalue weighted by Gasteiger charge is -2.09. The molecule has 8 heteroatoms. The van der Waals surface area contributed by atoms with Crippen molar-refractivity contribution < 1.29 is 14.5 Å². The fourth-order valence-electron chi connectivity index (χ4n) is 2.67. The monoisotopic (exact) mass is 380 g/mol. The second-order valence-corrected chi connectivity index (χ2v) is 6.10. The number of non-ortho nitro benzene ring substituents is 1. The number of nitro benzene ring substituents is 1. The molecule has 0 unspecified atom stereocenters. The van der Waals surface area contributed by atoms with Crippen LogP contribution in [0.15, 0.2) is 67.0 Å². The molecule has 0 radical (unpaired) electrons. The van der Waals surface area contributed by atoms with E-state index in [0.29, 0.717) is 18.7 Å². The maximum atomic E-state index is 11.9. The summed E-state index contributed by atoms with van der Waals surface area (Å²) in [5.41, 5.74) is 1.16. The van der Waals surface area contributed by atoms with Crippen LogP contribution >= 0.6 is 0 Å². The summed E-state index contributed by atoms with van der Waals surface area (Å²) < 4.78 is 7.39. The van der Waals surface area contributed by atoms with Crippen LogP contribution in [-0.2, 0) is 17.8 Å². The van der Waals surface area contributed by atoms with Crippen molar-refractivity contribution in [2.24, 2.45) is 0 Å². The highest BCUT2D eigenvalue weighted by atomic mass is 16.6. The highest BCUT2D eigenvalue weighted by molar-refractivity contribution is 5.77. The molecular formula is C20H20N4O4. The molecule has 0 aliphatic rings. The molecule has 28 heavy (non-hydrogen) atoms. The zero-order chi connectivity index (χ0) is 19.8. The Hall–Kier alpha value is -3.68. The third-order valence-corrected chi connectivity index (χ3v) is 4.09. The minimum absolute atomic E-state index is 0.0252. The van der Waals surface area contributed by atoms with Gasteiger partial charge in [0.15, 0.2) is 6.61 Å². The van der Waals surface area contributed by atoms with E-state index in [1.165, 1.54) is 29.8 Å². The Morgan fingerprint density at radius 3 is 2.61 bits per heavy atom. The summed E-state index contributed by atoms with van der Waals surface area (Å²) in [5.74, 6) is 1.03. The molecule has 2 aromatic carbocycles. The SMILES string of the molecule is O=C(COc1ccc([N+](=O)[O-])cc1)NCCc1nccn1Cc1ccccc1. The van der Waals surface area contributed by atoms with Gasteiger partial charge in [-0.3, -0.25) is 14.9 Å². The normalized spacial score (nSPS) is 10.4. The lowest BCUT2D eigenvalue weighted by Crippen LogP contribution is -2.31. The van der Waals surface area contributed by atoms with E-state index in [-0.39, 0.29) is 18.2 Å². The molecule has 1 amide bonds. The number of nitrogens with zero attached hydrogens (tertiary/aromatic N) is 3. The number of carbonyl (C=O) groups is 1. The van der Waals surface area contributed by atoms with Gasteiger partial charge in [-0.05, 0) is 17.7 Å². The Morgan fingerprint density at radius 1 is 1.14 bits per heavy atom. The molecule has 8 nitrogen and oxygen atoms in total. The topological polar surface area (TPSA) is 99.3 Å². The van der Waals surface area contributed by atoms with Crippen molar-refractivity contribution in [1.82, 2.24) is 14.9 Å². The highest BCUT2D eigenvalue weighted by Gasteiger charge is 2.08. The minimum atomic E-state index is -0.488. The second-order valence-electron chi connectivity index (χ2n) is 6.10. The quantitative estimate of drug-likeness (QED) is 0.454. The van der Waals surface area contributed by atoms with E-state index in [2.05, 4.69) is 27.0 Å². The molecule has 0 atom stereocenters. The Bertz CT molecular complexity index is 923. The first-order valence-corrected chi connectivity index (χ1v) is 8.80. The lowest BCUT2D eigenvalue weighted by molar-refractivity contribution is -0.384. The summed E-state index contributed by atoms with van der Waals surface area (Å²) in [7, 11) is 0. The minimum Gasteiger partial charge on any atom is -0.484 e. The maximum absolute atomic E-state index is 11.9. The zero-order valence-electron chi connectivity index (χ0n) is 15.2. The number of nitro groups is 1. The van der Waals surface area contributed by atoms with Crippen molar-refractivity contribution >= 4 is 11.6 Å². The summed E-state index contributed by atoms with van der Waals surface area (Å²) in [4.78, 5) is 26.4. The van der Waals surface area contributed by atoms with E-state index in [4.69, 9.17) is 4.74 Å². The van der Waals surface area contributed by atoms with Gasteiger partial charge < -0.3 is 14.6 Å². The molecule has 144 valence electrons. The predicted octanol–water partition coefficient (Wildman–Crippen LogP) is 2.58. The van der Waals surface area contributed by atoms with Gasteiger partial charge in [-0.1, -0.05) is 30.3 Å². The van der Waals surface area contributed by atoms with Gasteiger partial charge in [0.25, 0.3) is 11.6 Å². The van der Waals surface area contributed by atoms with Crippen molar-refractivity contribution in [2.45, 2.75) is 13.0 Å². The van der Waals surface area contributed by atoms with Gasteiger partial charge in [0, 0.05) is 44.0 Å². The van der Waals surface area contributed by atoms with Gasteiger partial charge in [0.2, 0.25) is 0 Å². The van der Waals surface area contributed by atoms with Crippen LogP contribution in [0.5, 0.6) is 5.75 Å². The van der Waals surface area contributed by atoms with Crippen molar-refractivity contribution in [1.29, 1.82) is 0 Å². The fraction of sp³-hybridized carbons (Fsp3) is 0.200. The number of nitrogens with one attached hydrogen (secondary N) is 1. The molecule has 0 bridgehead atoms. The summed E-state index contributed by atoms with van der Waals surface area (Å²) in [6.45, 7) is 1.01. The molecule has 1 N–H and O–H groups in total. The van der Waals surface area contributed by atoms with Gasteiger partial charge in [0.05, 0.1) is 4.92 Å². The van der Waals surface area contributed by atoms with Crippen molar-refractivity contribution in [3.05, 3.63) is 88.5 Å². The van der Waals surface area contributed by atoms with Crippen LogP contribution in [0.2, 0.25) is 0 Å². The number of benzene rings is 2. The zero-order valence-corrected chi connectivity index (χ0v) is 15.2. The highest BCUT2D eigenvalue weighted by Crippen LogP contribution is 2.17. The first kappa shape index (κ1) is 19.1. The van der Waals surface area contributed by atoms with Crippen LogP contribution in [-0.4, -0.2) is 33.5 Å². The molecule has 0 aliphatic carbocycles. The molecule has 0 spiro atoms. The van der Waals surface area contributed by atoms with E-state index in [9.17, 15) is 14.9 Å². The lowest BCUT2D eigenvalue weighted by atomic mass is 10.2. The Balaban J connectivity index is 1.42. The molecular weight excluding hydrogens is 360 g/mol. The van der Waals surface area contributed by atoms with Gasteiger partial charge in [-0.15, -0.1) is 0 Å². The van der Waals surface area contributed by atoms with Crippen LogP contribution in [0, 0.1) is 10.1 Å². The average Bonchev–Trinajstić information content (AvgIpc) is 3.14. The van der Waals surface area contributed by atoms with Crippen molar-refractivity contribution in [3.8, 4) is 5.75 Å². The Labute approximate surface area is 161 Å². The second kappa shape index (κ2) is 9.31. The summed E-state index contributed by atoms with van der Waals surface area (Å²) >= 11 is 0. The number of ether oxygens (including phenoxy) is 1. The van der Waals surface area contributed by atoms with Gasteiger partial charge in [-0.2, -0.15) is 0 Å². The largest absolute Gasteiger partial charge is 0.484 e. The summed E-state index contributed by atoms with van der Waals surface area (Å²) in [5, 5.41) is 13.4. The van der Waals surface area contributed by atoms with E-state index in [0.717, 1.165) is 12.4 Å². The molecule has 0 saturated heterocycles. The number of hydrogen-bond donors (Lipinski definition) is 1. The summed E-state index contributed by atoms with van der Waals surface area (Å²) in [6, 6.07) is 15.7. The van der Waals surface area contributed by atoms with Crippen LogP contribution in [0.3, 0.4) is 0 Å². The Morgan fingerprint density at radius 2 is 1.89 bits per heavy atom. The molecule has 0 fully saturated rings. The van der Waals surface area contributed by atoms with E-state index in [1.54, 1.807) is 6.20 Å². The van der Waals surface area contributed by atoms with Gasteiger partial charge >= 0.3 is 0 Å². The van der Waals surface area contributed by atoms with Gasteiger partial charge in [0.1, 0.15) is 11.6 Å². The average molecular weight is 380 g/mol. The van der Waals surface area contributed by atoms with Crippen LogP contribution < -0.4 is 10.1 Å². The smallest absolute Gasteiger partial charge is 0.269 e. The number of hydrogen-bond acceptors (Lipinski definition) is 5. The van der Waals surface area contributed by atoms with Crippen LogP contribution in [0.4, 0.5) is 5.69 Å². The van der Waals surface area contributed by atoms with Crippen LogP contribution in [0.25, 0.3) is 0 Å². The third-order valence-electron chi connectivity index (χ3n) is 4.09. The molecule has 1 heterocycles. The summed E-state index contributed by atoms with van der Waals surface area (Å²) in [6.07, 6.45) is 4.27. The first-order valence-electron chi connectivity index (χ1n) is 8.80. The van der Waals surface area contributed by atoms with Crippen molar-refractivity contribution in [3.63, 3.8) is 0 Å². The van der Waals surface area contributed by atoms with Crippen LogP contribution in [0.1, 0.15) is 11.4 Å². The van der Waals surface area contributed by atoms with E-state index >= 15 is 0 Å². The third kappa shape index (κ3) is 5.41. The number of imidazole rings is 1. The molecule has 3 aromatic rings. The maximum Gasteiger partial charge on any atom is 0.269 e. The van der Waals surface area contributed by atoms with E-state index < -0.39 is 4.92 Å². The standard InChI is InChI=1S/C20H20N4O4/c25-20(15-28-18-8-6-17(7-9-18)24(26)27)22-11-10-19-21-12-13-23(19)14-16-4-2-1-3-5-16/h1-9,12-13H,10-11,14-15H2,(H,22,25). The van der Waals surface area contributed by atoms with Gasteiger partial charge in [-0.25, -0.2) is 4.98 Å². The van der Waals surface area contributed by atoms with E-state index in [1.807, 2.05) is 24.4 Å². The molecule has 1 aromatic heterocycles. The molecule has 0 saturated carbocycles. The molecule has 0 aliphatic heterocycles. The number of rotatable bonds is 9. The molecule has 3 rings (SSSR count). The number of carbonyl (C=O) groups excluding carboxylic acids is 1.